The van der Waals surface area contributed by atoms with Crippen molar-refractivity contribution in [2.24, 2.45) is 0 Å². The van der Waals surface area contributed by atoms with Crippen LogP contribution < -0.4 is 9.88 Å². The van der Waals surface area contributed by atoms with E-state index >= 15 is 0 Å². The summed E-state index contributed by atoms with van der Waals surface area (Å²) in [6.45, 7) is 4.78. The summed E-state index contributed by atoms with van der Waals surface area (Å²) >= 11 is 6.28. The molecule has 0 aliphatic carbocycles. The molecule has 5 heteroatoms. The van der Waals surface area contributed by atoms with Gasteiger partial charge in [-0.1, -0.05) is 41.9 Å². The Labute approximate surface area is 158 Å². The highest BCUT2D eigenvalue weighted by Crippen LogP contribution is 2.32. The van der Waals surface area contributed by atoms with Gasteiger partial charge in [-0.15, -0.1) is 0 Å². The van der Waals surface area contributed by atoms with Crippen molar-refractivity contribution >= 4 is 34.2 Å². The van der Waals surface area contributed by atoms with Crippen LogP contribution in [0.15, 0.2) is 48.7 Å². The summed E-state index contributed by atoms with van der Waals surface area (Å²) in [7, 11) is 1.98. The van der Waals surface area contributed by atoms with Gasteiger partial charge in [0.25, 0.3) is 0 Å². The van der Waals surface area contributed by atoms with Gasteiger partial charge in [0.1, 0.15) is 5.56 Å². The predicted molar refractivity (Wildman–Crippen MR) is 105 cm³/mol. The maximum Gasteiger partial charge on any atom is 0.346 e. The molecule has 134 valence electrons. The lowest BCUT2D eigenvalue weighted by molar-refractivity contribution is -0.345. The van der Waals surface area contributed by atoms with Gasteiger partial charge in [0.05, 0.1) is 22.7 Å². The predicted octanol–water partition coefficient (Wildman–Crippen LogP) is 4.43. The molecule has 1 heterocycles. The summed E-state index contributed by atoms with van der Waals surface area (Å²) in [5, 5.41) is 1.63. The normalized spacial score (nSPS) is 10.8. The first kappa shape index (κ1) is 18.2. The molecule has 0 saturated carbocycles. The summed E-state index contributed by atoms with van der Waals surface area (Å²) in [6.07, 6.45) is 1.71. The molecule has 4 nitrogen and oxygen atoms in total. The molecule has 26 heavy (non-hydrogen) atoms. The Kier molecular flexibility index (Phi) is 5.43. The average molecular weight is 370 g/mol. The Balaban J connectivity index is 2.16. The fourth-order valence-corrected chi connectivity index (χ4v) is 3.30. The van der Waals surface area contributed by atoms with Crippen LogP contribution >= 0.6 is 11.6 Å². The van der Waals surface area contributed by atoms with E-state index in [1.54, 1.807) is 13.1 Å². The smallest absolute Gasteiger partial charge is 0.346 e. The monoisotopic (exact) mass is 369 g/mol. The summed E-state index contributed by atoms with van der Waals surface area (Å²) in [5.74, 6) is -0.340. The van der Waals surface area contributed by atoms with E-state index in [1.165, 1.54) is 0 Å². The standard InChI is InChI=1S/C21H21ClN2O2/c1-4-26-21(25)17-12-23-19-14(2)18(22)11-10-16(19)20(17)24(3)13-15-8-6-5-7-9-15/h5-12H,4,13H2,1-3H3/p+1. The number of anilines is 1. The quantitative estimate of drug-likeness (QED) is 0.625. The number of hydrogen-bond donors (Lipinski definition) is 0. The van der Waals surface area contributed by atoms with E-state index < -0.39 is 0 Å². The van der Waals surface area contributed by atoms with E-state index in [-0.39, 0.29) is 5.97 Å². The van der Waals surface area contributed by atoms with E-state index in [0.29, 0.717) is 23.7 Å². The van der Waals surface area contributed by atoms with Gasteiger partial charge in [-0.2, -0.15) is 0 Å². The highest BCUT2D eigenvalue weighted by molar-refractivity contribution is 6.32. The van der Waals surface area contributed by atoms with Crippen LogP contribution in [0.1, 0.15) is 28.4 Å². The number of nitrogens with one attached hydrogen (secondary N) is 1. The number of aromatic amines is 1. The van der Waals surface area contributed by atoms with Crippen molar-refractivity contribution in [1.29, 1.82) is 0 Å². The third-order valence-electron chi connectivity index (χ3n) is 4.41. The Morgan fingerprint density at radius 2 is 1.92 bits per heavy atom. The van der Waals surface area contributed by atoms with Crippen molar-refractivity contribution in [3.8, 4) is 0 Å². The molecule has 3 rings (SSSR count). The van der Waals surface area contributed by atoms with Gasteiger partial charge in [-0.25, -0.2) is 9.78 Å². The topological polar surface area (TPSA) is 43.7 Å². The second kappa shape index (κ2) is 7.75. The molecule has 0 unspecified atom stereocenters. The molecule has 0 aliphatic rings. The van der Waals surface area contributed by atoms with Crippen LogP contribution in [0.3, 0.4) is 0 Å². The number of benzene rings is 2. The Bertz CT molecular complexity index is 942. The second-order valence-electron chi connectivity index (χ2n) is 6.21. The highest BCUT2D eigenvalue weighted by atomic mass is 35.5. The number of fused-ring (bicyclic) bond motifs is 1. The van der Waals surface area contributed by atoms with Gasteiger partial charge in [0, 0.05) is 19.2 Å². The summed E-state index contributed by atoms with van der Waals surface area (Å²) in [6, 6.07) is 14.0. The number of aromatic nitrogens is 1. The van der Waals surface area contributed by atoms with Gasteiger partial charge < -0.3 is 9.64 Å². The van der Waals surface area contributed by atoms with Crippen LogP contribution in [-0.4, -0.2) is 19.6 Å². The zero-order valence-corrected chi connectivity index (χ0v) is 15.9. The number of pyridine rings is 1. The molecule has 0 bridgehead atoms. The number of ether oxygens (including phenoxy) is 1. The second-order valence-corrected chi connectivity index (χ2v) is 6.62. The minimum atomic E-state index is -0.340. The number of carbonyl (C=O) groups is 1. The van der Waals surface area contributed by atoms with Crippen LogP contribution in [0.4, 0.5) is 5.69 Å². The molecule has 0 saturated heterocycles. The first-order chi connectivity index (χ1) is 12.5. The fraction of sp³-hybridized carbons (Fsp3) is 0.238. The number of aryl methyl sites for hydroxylation is 1. The fourth-order valence-electron chi connectivity index (χ4n) is 3.14. The maximum atomic E-state index is 12.5. The molecule has 1 aromatic heterocycles. The lowest BCUT2D eigenvalue weighted by Crippen LogP contribution is -2.23. The third-order valence-corrected chi connectivity index (χ3v) is 4.82. The van der Waals surface area contributed by atoms with Gasteiger partial charge in [0.2, 0.25) is 5.52 Å². The van der Waals surface area contributed by atoms with Crippen molar-refractivity contribution in [2.45, 2.75) is 20.4 Å². The zero-order valence-electron chi connectivity index (χ0n) is 15.2. The molecule has 0 radical (unpaired) electrons. The third kappa shape index (κ3) is 3.51. The molecule has 2 aromatic carbocycles. The van der Waals surface area contributed by atoms with Crippen LogP contribution in [0.25, 0.3) is 10.9 Å². The lowest BCUT2D eigenvalue weighted by Gasteiger charge is -2.22. The average Bonchev–Trinajstić information content (AvgIpc) is 2.64. The molecule has 1 N–H and O–H groups in total. The van der Waals surface area contributed by atoms with Crippen molar-refractivity contribution < 1.29 is 14.5 Å². The molecular weight excluding hydrogens is 348 g/mol. The van der Waals surface area contributed by atoms with Gasteiger partial charge >= 0.3 is 5.97 Å². The highest BCUT2D eigenvalue weighted by Gasteiger charge is 2.24. The molecule has 0 spiro atoms. The van der Waals surface area contributed by atoms with Crippen molar-refractivity contribution in [2.75, 3.05) is 18.6 Å². The maximum absolute atomic E-state index is 12.5. The van der Waals surface area contributed by atoms with Crippen LogP contribution in [-0.2, 0) is 11.3 Å². The lowest BCUT2D eigenvalue weighted by atomic mass is 10.0. The summed E-state index contributed by atoms with van der Waals surface area (Å²) < 4.78 is 5.26. The molecule has 3 aromatic rings. The molecule has 0 amide bonds. The number of H-pyrrole nitrogens is 1. The molecule has 0 fully saturated rings. The molecular formula is C21H22ClN2O2+. The Hall–Kier alpha value is -2.59. The number of esters is 1. The number of hydrogen-bond acceptors (Lipinski definition) is 3. The SMILES string of the molecule is CCOC(=O)c1c[nH+]c2c(C)c(Cl)ccc2c1N(C)Cc1ccccc1. The number of halogens is 1. The first-order valence-electron chi connectivity index (χ1n) is 8.58. The van der Waals surface area contributed by atoms with Crippen LogP contribution in [0.2, 0.25) is 5.02 Å². The first-order valence-corrected chi connectivity index (χ1v) is 8.96. The Morgan fingerprint density at radius 1 is 1.19 bits per heavy atom. The van der Waals surface area contributed by atoms with Gasteiger partial charge in [-0.05, 0) is 31.5 Å². The van der Waals surface area contributed by atoms with Crippen molar-refractivity contribution in [3.05, 3.63) is 70.4 Å². The number of rotatable bonds is 5. The largest absolute Gasteiger partial charge is 0.462 e. The van der Waals surface area contributed by atoms with E-state index in [2.05, 4.69) is 22.0 Å². The van der Waals surface area contributed by atoms with Crippen LogP contribution in [0.5, 0.6) is 0 Å². The number of nitrogens with zero attached hydrogens (tertiary/aromatic N) is 1. The minimum Gasteiger partial charge on any atom is -0.462 e. The summed E-state index contributed by atoms with van der Waals surface area (Å²) in [5.41, 5.74) is 4.38. The minimum absolute atomic E-state index is 0.332. The molecule has 0 aliphatic heterocycles. The number of carbonyl (C=O) groups excluding carboxylic acids is 1. The van der Waals surface area contributed by atoms with E-state index in [4.69, 9.17) is 16.3 Å². The van der Waals surface area contributed by atoms with Gasteiger partial charge in [0.15, 0.2) is 6.20 Å². The van der Waals surface area contributed by atoms with E-state index in [1.807, 2.05) is 44.3 Å². The van der Waals surface area contributed by atoms with Crippen LogP contribution in [0, 0.1) is 6.92 Å². The van der Waals surface area contributed by atoms with E-state index in [0.717, 1.165) is 27.7 Å². The van der Waals surface area contributed by atoms with Crippen molar-refractivity contribution in [1.82, 2.24) is 0 Å². The van der Waals surface area contributed by atoms with Crippen molar-refractivity contribution in [3.63, 3.8) is 0 Å². The molecule has 0 atom stereocenters. The van der Waals surface area contributed by atoms with Gasteiger partial charge in [-0.3, -0.25) is 0 Å². The zero-order chi connectivity index (χ0) is 18.7. The Morgan fingerprint density at radius 3 is 2.62 bits per heavy atom. The van der Waals surface area contributed by atoms with E-state index in [9.17, 15) is 4.79 Å². The summed E-state index contributed by atoms with van der Waals surface area (Å²) in [4.78, 5) is 17.8.